The molecule has 1 N–H and O–H groups in total. The Bertz CT molecular complexity index is 934. The summed E-state index contributed by atoms with van der Waals surface area (Å²) >= 11 is 0. The van der Waals surface area contributed by atoms with E-state index in [1.54, 1.807) is 0 Å². The molecule has 1 aliphatic carbocycles. The molecule has 0 atom stereocenters. The van der Waals surface area contributed by atoms with Crippen LogP contribution in [0, 0.1) is 0 Å². The largest absolute Gasteiger partial charge is 0.320 e. The third-order valence-corrected chi connectivity index (χ3v) is 5.20. The lowest BCUT2D eigenvalue weighted by Crippen LogP contribution is -2.40. The maximum Gasteiger partial charge on any atom is 0.290 e. The molecular weight excluding hydrogens is 332 g/mol. The Kier molecular flexibility index (Phi) is 5.29. The van der Waals surface area contributed by atoms with Crippen molar-refractivity contribution < 1.29 is 9.36 Å². The number of para-hydroxylation sites is 1. The van der Waals surface area contributed by atoms with Crippen LogP contribution < -0.4 is 9.88 Å². The number of nitrogens with one attached hydrogen (secondary N) is 1. The molecule has 0 aliphatic heterocycles. The van der Waals surface area contributed by atoms with E-state index in [0.717, 1.165) is 30.5 Å². The number of hydrogen-bond donors (Lipinski definition) is 1. The molecule has 0 radical (unpaired) electrons. The summed E-state index contributed by atoms with van der Waals surface area (Å²) < 4.78 is 2.00. The zero-order valence-electron chi connectivity index (χ0n) is 15.5. The number of pyridine rings is 1. The predicted molar refractivity (Wildman–Crippen MR) is 108 cm³/mol. The van der Waals surface area contributed by atoms with E-state index in [1.807, 2.05) is 47.2 Å². The van der Waals surface area contributed by atoms with Gasteiger partial charge in [-0.1, -0.05) is 48.5 Å². The van der Waals surface area contributed by atoms with E-state index in [-0.39, 0.29) is 5.91 Å². The number of aryl methyl sites for hydroxylation is 2. The van der Waals surface area contributed by atoms with Crippen LogP contribution in [0.1, 0.15) is 35.1 Å². The first-order chi connectivity index (χ1) is 13.3. The quantitative estimate of drug-likeness (QED) is 0.686. The summed E-state index contributed by atoms with van der Waals surface area (Å²) in [4.78, 5) is 12.6. The Hall–Kier alpha value is -2.94. The number of aromatic nitrogens is 1. The van der Waals surface area contributed by atoms with Crippen molar-refractivity contribution in [2.45, 2.75) is 38.6 Å². The maximum absolute atomic E-state index is 12.6. The molecule has 1 heterocycles. The SMILES string of the molecule is O=C(C[n+]1ccc2c(c1)CCCC2)Nc1ccccc1Cc1ccccc1. The summed E-state index contributed by atoms with van der Waals surface area (Å²) in [6, 6.07) is 20.6. The summed E-state index contributed by atoms with van der Waals surface area (Å²) in [5.74, 6) is 0.0104. The third kappa shape index (κ3) is 4.43. The van der Waals surface area contributed by atoms with Crippen molar-refractivity contribution >= 4 is 11.6 Å². The summed E-state index contributed by atoms with van der Waals surface area (Å²) in [5.41, 5.74) is 6.09. The molecule has 0 saturated heterocycles. The minimum Gasteiger partial charge on any atom is -0.320 e. The van der Waals surface area contributed by atoms with Crippen LogP contribution in [0.5, 0.6) is 0 Å². The molecule has 2 aromatic carbocycles. The molecule has 4 rings (SSSR count). The van der Waals surface area contributed by atoms with Crippen LogP contribution in [-0.2, 0) is 30.6 Å². The van der Waals surface area contributed by atoms with Gasteiger partial charge in [-0.15, -0.1) is 0 Å². The topological polar surface area (TPSA) is 33.0 Å². The van der Waals surface area contributed by atoms with Gasteiger partial charge in [-0.25, -0.2) is 0 Å². The zero-order valence-corrected chi connectivity index (χ0v) is 15.5. The first-order valence-corrected chi connectivity index (χ1v) is 9.70. The normalized spacial score (nSPS) is 13.0. The van der Waals surface area contributed by atoms with Crippen molar-refractivity contribution in [1.82, 2.24) is 0 Å². The van der Waals surface area contributed by atoms with E-state index in [1.165, 1.54) is 29.5 Å². The molecule has 0 bridgehead atoms. The van der Waals surface area contributed by atoms with Crippen LogP contribution in [0.25, 0.3) is 0 Å². The number of carbonyl (C=O) groups is 1. The smallest absolute Gasteiger partial charge is 0.290 e. The second kappa shape index (κ2) is 8.17. The number of anilines is 1. The van der Waals surface area contributed by atoms with Gasteiger partial charge in [-0.2, -0.15) is 4.57 Å². The number of carbonyl (C=O) groups excluding carboxylic acids is 1. The highest BCUT2D eigenvalue weighted by Gasteiger charge is 2.16. The fourth-order valence-electron chi connectivity index (χ4n) is 3.78. The van der Waals surface area contributed by atoms with Crippen LogP contribution >= 0.6 is 0 Å². The van der Waals surface area contributed by atoms with Crippen LogP contribution in [0.3, 0.4) is 0 Å². The van der Waals surface area contributed by atoms with E-state index in [2.05, 4.69) is 35.8 Å². The van der Waals surface area contributed by atoms with Gasteiger partial charge in [0.05, 0.1) is 0 Å². The minimum atomic E-state index is 0.0104. The standard InChI is InChI=1S/C24H24N2O/c27-24(18-26-15-14-20-10-4-5-12-22(20)17-26)25-23-13-7-6-11-21(23)16-19-8-2-1-3-9-19/h1-3,6-9,11,13-15,17H,4-5,10,12,16,18H2/p+1. The minimum absolute atomic E-state index is 0.0104. The molecule has 0 saturated carbocycles. The van der Waals surface area contributed by atoms with E-state index in [0.29, 0.717) is 6.54 Å². The van der Waals surface area contributed by atoms with Crippen molar-refractivity contribution in [3.63, 3.8) is 0 Å². The number of amides is 1. The molecule has 1 aliphatic rings. The molecule has 1 amide bonds. The van der Waals surface area contributed by atoms with E-state index in [9.17, 15) is 4.79 Å². The Morgan fingerprint density at radius 1 is 0.889 bits per heavy atom. The molecule has 3 nitrogen and oxygen atoms in total. The van der Waals surface area contributed by atoms with Crippen LogP contribution in [0.2, 0.25) is 0 Å². The number of fused-ring (bicyclic) bond motifs is 1. The molecule has 0 spiro atoms. The monoisotopic (exact) mass is 357 g/mol. The van der Waals surface area contributed by atoms with Crippen LogP contribution in [0.15, 0.2) is 73.1 Å². The molecule has 27 heavy (non-hydrogen) atoms. The van der Waals surface area contributed by atoms with Crippen molar-refractivity contribution in [2.24, 2.45) is 0 Å². The molecule has 1 aromatic heterocycles. The highest BCUT2D eigenvalue weighted by molar-refractivity contribution is 5.90. The van der Waals surface area contributed by atoms with Gasteiger partial charge < -0.3 is 5.32 Å². The zero-order chi connectivity index (χ0) is 18.5. The first-order valence-electron chi connectivity index (χ1n) is 9.70. The van der Waals surface area contributed by atoms with Gasteiger partial charge in [0.15, 0.2) is 12.4 Å². The van der Waals surface area contributed by atoms with E-state index < -0.39 is 0 Å². The van der Waals surface area contributed by atoms with Crippen LogP contribution in [-0.4, -0.2) is 5.91 Å². The van der Waals surface area contributed by atoms with Gasteiger partial charge in [-0.05, 0) is 54.9 Å². The summed E-state index contributed by atoms with van der Waals surface area (Å²) in [6.45, 7) is 0.340. The molecule has 136 valence electrons. The van der Waals surface area contributed by atoms with Gasteiger partial charge in [0.25, 0.3) is 5.91 Å². The Morgan fingerprint density at radius 3 is 2.48 bits per heavy atom. The number of benzene rings is 2. The average Bonchev–Trinajstić information content (AvgIpc) is 2.70. The maximum atomic E-state index is 12.6. The van der Waals surface area contributed by atoms with Crippen molar-refractivity contribution in [2.75, 3.05) is 5.32 Å². The summed E-state index contributed by atoms with van der Waals surface area (Å²) in [5, 5.41) is 3.10. The van der Waals surface area contributed by atoms with Gasteiger partial charge in [-0.3, -0.25) is 4.79 Å². The van der Waals surface area contributed by atoms with Crippen LogP contribution in [0.4, 0.5) is 5.69 Å². The molecule has 3 heteroatoms. The Morgan fingerprint density at radius 2 is 1.63 bits per heavy atom. The fourth-order valence-corrected chi connectivity index (χ4v) is 3.78. The second-order valence-corrected chi connectivity index (χ2v) is 7.24. The predicted octanol–water partition coefficient (Wildman–Crippen LogP) is 4.08. The number of nitrogens with zero attached hydrogens (tertiary/aromatic N) is 1. The summed E-state index contributed by atoms with van der Waals surface area (Å²) in [6.07, 6.45) is 9.78. The highest BCUT2D eigenvalue weighted by atomic mass is 16.1. The lowest BCUT2D eigenvalue weighted by molar-refractivity contribution is -0.684. The van der Waals surface area contributed by atoms with Crippen molar-refractivity contribution in [3.05, 3.63) is 95.3 Å². The fraction of sp³-hybridized carbons (Fsp3) is 0.250. The molecule has 0 unspecified atom stereocenters. The van der Waals surface area contributed by atoms with E-state index in [4.69, 9.17) is 0 Å². The Labute approximate surface area is 160 Å². The Balaban J connectivity index is 1.45. The van der Waals surface area contributed by atoms with Gasteiger partial charge >= 0.3 is 0 Å². The lowest BCUT2D eigenvalue weighted by atomic mass is 9.93. The molecular formula is C24H25N2O+. The molecule has 3 aromatic rings. The number of hydrogen-bond acceptors (Lipinski definition) is 1. The van der Waals surface area contributed by atoms with E-state index >= 15 is 0 Å². The van der Waals surface area contributed by atoms with Crippen molar-refractivity contribution in [3.8, 4) is 0 Å². The number of rotatable bonds is 5. The lowest BCUT2D eigenvalue weighted by Gasteiger charge is -2.13. The van der Waals surface area contributed by atoms with Crippen molar-refractivity contribution in [1.29, 1.82) is 0 Å². The highest BCUT2D eigenvalue weighted by Crippen LogP contribution is 2.20. The molecule has 0 fully saturated rings. The average molecular weight is 357 g/mol. The summed E-state index contributed by atoms with van der Waals surface area (Å²) in [7, 11) is 0. The first kappa shape index (κ1) is 17.5. The van der Waals surface area contributed by atoms with Gasteiger partial charge in [0.2, 0.25) is 6.54 Å². The van der Waals surface area contributed by atoms with Gasteiger partial charge in [0.1, 0.15) is 0 Å². The third-order valence-electron chi connectivity index (χ3n) is 5.20. The second-order valence-electron chi connectivity index (χ2n) is 7.24. The van der Waals surface area contributed by atoms with Gasteiger partial charge in [0, 0.05) is 17.3 Å².